The Hall–Kier alpha value is -1.83. The second kappa shape index (κ2) is 2.83. The number of hydrogen-bond acceptors (Lipinski definition) is 2. The van der Waals surface area contributed by atoms with Crippen molar-refractivity contribution < 1.29 is 5.11 Å². The number of aliphatic imine (C=N–C) groups is 1. The SMILES string of the molecule is CCC1=C2C(=Nc3ccc(O)cc32)C=C1. The number of fused-ring (bicyclic) bond motifs is 3. The maximum absolute atomic E-state index is 9.48. The molecular formula is C13H11NO. The first kappa shape index (κ1) is 8.48. The van der Waals surface area contributed by atoms with Crippen molar-refractivity contribution in [1.82, 2.24) is 0 Å². The number of phenolic OH excluding ortho intramolecular Hbond substituents is 1. The van der Waals surface area contributed by atoms with Crippen LogP contribution in [0.2, 0.25) is 0 Å². The highest BCUT2D eigenvalue weighted by atomic mass is 16.3. The molecule has 15 heavy (non-hydrogen) atoms. The fraction of sp³-hybridized carbons (Fsp3) is 0.154. The largest absolute Gasteiger partial charge is 0.508 e. The van der Waals surface area contributed by atoms with Crippen molar-refractivity contribution in [3.63, 3.8) is 0 Å². The van der Waals surface area contributed by atoms with Crippen LogP contribution in [0.25, 0.3) is 5.57 Å². The first-order valence-corrected chi connectivity index (χ1v) is 5.13. The summed E-state index contributed by atoms with van der Waals surface area (Å²) in [6.07, 6.45) is 5.16. The Bertz CT molecular complexity index is 535. The number of phenols is 1. The Morgan fingerprint density at radius 3 is 2.93 bits per heavy atom. The van der Waals surface area contributed by atoms with E-state index in [0.29, 0.717) is 5.75 Å². The van der Waals surface area contributed by atoms with Gasteiger partial charge in [-0.2, -0.15) is 0 Å². The molecule has 2 nitrogen and oxygen atoms in total. The second-order valence-electron chi connectivity index (χ2n) is 3.79. The van der Waals surface area contributed by atoms with E-state index in [1.165, 1.54) is 11.1 Å². The van der Waals surface area contributed by atoms with E-state index in [4.69, 9.17) is 0 Å². The molecule has 0 spiro atoms. The minimum atomic E-state index is 0.306. The molecule has 1 aromatic carbocycles. The Morgan fingerprint density at radius 2 is 2.13 bits per heavy atom. The van der Waals surface area contributed by atoms with Gasteiger partial charge in [0.1, 0.15) is 5.75 Å². The zero-order valence-corrected chi connectivity index (χ0v) is 8.49. The van der Waals surface area contributed by atoms with Crippen molar-refractivity contribution in [1.29, 1.82) is 0 Å². The van der Waals surface area contributed by atoms with Gasteiger partial charge >= 0.3 is 0 Å². The second-order valence-corrected chi connectivity index (χ2v) is 3.79. The van der Waals surface area contributed by atoms with Gasteiger partial charge in [0, 0.05) is 11.1 Å². The summed E-state index contributed by atoms with van der Waals surface area (Å²) in [5.74, 6) is 0.306. The lowest BCUT2D eigenvalue weighted by molar-refractivity contribution is 0.475. The van der Waals surface area contributed by atoms with Crippen molar-refractivity contribution in [3.05, 3.63) is 41.5 Å². The molecule has 2 aliphatic rings. The molecule has 0 fully saturated rings. The van der Waals surface area contributed by atoms with Crippen molar-refractivity contribution in [2.24, 2.45) is 4.99 Å². The fourth-order valence-corrected chi connectivity index (χ4v) is 2.16. The van der Waals surface area contributed by atoms with Gasteiger partial charge in [-0.05, 0) is 36.3 Å². The predicted molar refractivity (Wildman–Crippen MR) is 61.6 cm³/mol. The van der Waals surface area contributed by atoms with E-state index >= 15 is 0 Å². The first-order chi connectivity index (χ1) is 7.29. The van der Waals surface area contributed by atoms with Gasteiger partial charge < -0.3 is 5.11 Å². The first-order valence-electron chi connectivity index (χ1n) is 5.13. The highest BCUT2D eigenvalue weighted by Crippen LogP contribution is 2.42. The molecule has 3 rings (SSSR count). The van der Waals surface area contributed by atoms with Crippen molar-refractivity contribution >= 4 is 17.0 Å². The van der Waals surface area contributed by atoms with Crippen LogP contribution < -0.4 is 0 Å². The molecule has 0 saturated carbocycles. The molecule has 0 saturated heterocycles. The van der Waals surface area contributed by atoms with E-state index in [0.717, 1.165) is 23.4 Å². The lowest BCUT2D eigenvalue weighted by Gasteiger charge is -2.03. The van der Waals surface area contributed by atoms with Crippen LogP contribution in [0.5, 0.6) is 5.75 Å². The van der Waals surface area contributed by atoms with Gasteiger partial charge in [0.25, 0.3) is 0 Å². The van der Waals surface area contributed by atoms with Gasteiger partial charge in [-0.25, -0.2) is 4.99 Å². The normalized spacial score (nSPS) is 16.7. The van der Waals surface area contributed by atoms with Crippen LogP contribution in [-0.2, 0) is 0 Å². The Kier molecular flexibility index (Phi) is 1.60. The molecule has 1 aromatic rings. The zero-order valence-electron chi connectivity index (χ0n) is 8.49. The smallest absolute Gasteiger partial charge is 0.116 e. The molecular weight excluding hydrogens is 186 g/mol. The molecule has 1 N–H and O–H groups in total. The average molecular weight is 197 g/mol. The number of nitrogens with zero attached hydrogens (tertiary/aromatic N) is 1. The van der Waals surface area contributed by atoms with Gasteiger partial charge in [0.2, 0.25) is 0 Å². The summed E-state index contributed by atoms with van der Waals surface area (Å²) in [4.78, 5) is 4.51. The standard InChI is InChI=1S/C13H11NO/c1-2-8-3-5-12-13(8)10-7-9(15)4-6-11(10)14-12/h3-7,15H,2H2,1H3. The zero-order chi connectivity index (χ0) is 10.4. The predicted octanol–water partition coefficient (Wildman–Crippen LogP) is 3.21. The molecule has 74 valence electrons. The third-order valence-electron chi connectivity index (χ3n) is 2.89. The van der Waals surface area contributed by atoms with Crippen LogP contribution in [0.4, 0.5) is 5.69 Å². The highest BCUT2D eigenvalue weighted by molar-refractivity contribution is 6.36. The minimum absolute atomic E-state index is 0.306. The van der Waals surface area contributed by atoms with Crippen LogP contribution in [0.3, 0.4) is 0 Å². The van der Waals surface area contributed by atoms with Crippen molar-refractivity contribution in [2.75, 3.05) is 0 Å². The van der Waals surface area contributed by atoms with Gasteiger partial charge in [0.05, 0.1) is 11.4 Å². The maximum atomic E-state index is 9.48. The molecule has 0 radical (unpaired) electrons. The average Bonchev–Trinajstić information content (AvgIpc) is 2.76. The van der Waals surface area contributed by atoms with Crippen LogP contribution >= 0.6 is 0 Å². The van der Waals surface area contributed by atoms with E-state index in [-0.39, 0.29) is 0 Å². The number of rotatable bonds is 1. The number of aromatic hydroxyl groups is 1. The van der Waals surface area contributed by atoms with E-state index < -0.39 is 0 Å². The van der Waals surface area contributed by atoms with E-state index in [2.05, 4.69) is 18.0 Å². The Balaban J connectivity index is 2.27. The van der Waals surface area contributed by atoms with Crippen LogP contribution in [0, 0.1) is 0 Å². The fourth-order valence-electron chi connectivity index (χ4n) is 2.16. The summed E-state index contributed by atoms with van der Waals surface area (Å²) in [7, 11) is 0. The third-order valence-corrected chi connectivity index (χ3v) is 2.89. The highest BCUT2D eigenvalue weighted by Gasteiger charge is 2.24. The van der Waals surface area contributed by atoms with E-state index in [1.54, 1.807) is 12.1 Å². The van der Waals surface area contributed by atoms with Gasteiger partial charge in [-0.15, -0.1) is 0 Å². The quantitative estimate of drug-likeness (QED) is 0.736. The molecule has 0 unspecified atom stereocenters. The van der Waals surface area contributed by atoms with Gasteiger partial charge in [0.15, 0.2) is 0 Å². The summed E-state index contributed by atoms with van der Waals surface area (Å²) in [5, 5.41) is 9.48. The third kappa shape index (κ3) is 1.08. The monoisotopic (exact) mass is 197 g/mol. The molecule has 2 heteroatoms. The number of hydrogen-bond donors (Lipinski definition) is 1. The lowest BCUT2D eigenvalue weighted by atomic mass is 10.00. The maximum Gasteiger partial charge on any atom is 0.116 e. The summed E-state index contributed by atoms with van der Waals surface area (Å²) < 4.78 is 0. The summed E-state index contributed by atoms with van der Waals surface area (Å²) in [6.45, 7) is 2.14. The molecule has 1 aliphatic heterocycles. The lowest BCUT2D eigenvalue weighted by Crippen LogP contribution is -1.89. The summed E-state index contributed by atoms with van der Waals surface area (Å²) >= 11 is 0. The van der Waals surface area contributed by atoms with Gasteiger partial charge in [-0.1, -0.05) is 13.0 Å². The molecule has 0 aromatic heterocycles. The summed E-state index contributed by atoms with van der Waals surface area (Å²) in [5.41, 5.74) is 5.56. The molecule has 1 aliphatic carbocycles. The number of allylic oxidation sites excluding steroid dienone is 4. The van der Waals surface area contributed by atoms with Crippen molar-refractivity contribution in [3.8, 4) is 5.75 Å². The van der Waals surface area contributed by atoms with Crippen LogP contribution in [-0.4, -0.2) is 10.8 Å². The van der Waals surface area contributed by atoms with Crippen LogP contribution in [0.15, 0.2) is 40.9 Å². The van der Waals surface area contributed by atoms with Gasteiger partial charge in [-0.3, -0.25) is 0 Å². The Labute approximate surface area is 88.3 Å². The minimum Gasteiger partial charge on any atom is -0.508 e. The number of benzene rings is 1. The Morgan fingerprint density at radius 1 is 1.27 bits per heavy atom. The molecule has 0 atom stereocenters. The van der Waals surface area contributed by atoms with Crippen LogP contribution in [0.1, 0.15) is 18.9 Å². The topological polar surface area (TPSA) is 32.6 Å². The molecule has 0 bridgehead atoms. The van der Waals surface area contributed by atoms with E-state index in [1.807, 2.05) is 12.1 Å². The van der Waals surface area contributed by atoms with E-state index in [9.17, 15) is 5.11 Å². The molecule has 0 amide bonds. The summed E-state index contributed by atoms with van der Waals surface area (Å²) in [6, 6.07) is 5.34. The molecule has 1 heterocycles. The van der Waals surface area contributed by atoms with Crippen molar-refractivity contribution in [2.45, 2.75) is 13.3 Å².